The topological polar surface area (TPSA) is 123 Å². The van der Waals surface area contributed by atoms with Crippen molar-refractivity contribution in [3.63, 3.8) is 0 Å². The highest BCUT2D eigenvalue weighted by molar-refractivity contribution is 6.01. The van der Waals surface area contributed by atoms with Crippen molar-refractivity contribution in [1.29, 1.82) is 10.5 Å². The van der Waals surface area contributed by atoms with Gasteiger partial charge in [0.2, 0.25) is 5.91 Å². The molecule has 8 heteroatoms. The summed E-state index contributed by atoms with van der Waals surface area (Å²) in [5.41, 5.74) is 2.61. The monoisotopic (exact) mass is 389 g/mol. The van der Waals surface area contributed by atoms with Crippen LogP contribution >= 0.6 is 0 Å². The minimum Gasteiger partial charge on any atom is -0.355 e. The van der Waals surface area contributed by atoms with E-state index in [2.05, 4.69) is 25.9 Å². The number of amides is 1. The smallest absolute Gasteiger partial charge is 0.227 e. The van der Waals surface area contributed by atoms with Gasteiger partial charge in [-0.2, -0.15) is 10.5 Å². The van der Waals surface area contributed by atoms with Crippen LogP contribution in [0, 0.1) is 28.6 Å². The summed E-state index contributed by atoms with van der Waals surface area (Å²) in [5.74, 6) is 1.06. The fourth-order valence-electron chi connectivity index (χ4n) is 4.36. The predicted molar refractivity (Wildman–Crippen MR) is 108 cm³/mol. The molecule has 1 aliphatic rings. The first-order chi connectivity index (χ1) is 14.2. The molecule has 4 rings (SSSR count). The molecule has 1 fully saturated rings. The average molecular weight is 389 g/mol. The highest BCUT2D eigenvalue weighted by Crippen LogP contribution is 2.37. The normalized spacial score (nSPS) is 19.1. The number of hydrogen-bond acceptors (Lipinski definition) is 5. The molecule has 2 N–H and O–H groups in total. The van der Waals surface area contributed by atoms with Gasteiger partial charge in [-0.3, -0.25) is 4.79 Å². The van der Waals surface area contributed by atoms with Crippen molar-refractivity contribution in [2.75, 3.05) is 6.54 Å². The van der Waals surface area contributed by atoms with Crippen LogP contribution in [-0.2, 0) is 11.2 Å². The maximum absolute atomic E-state index is 12.4. The van der Waals surface area contributed by atoms with Crippen molar-refractivity contribution >= 4 is 28.0 Å². The summed E-state index contributed by atoms with van der Waals surface area (Å²) in [6, 6.07) is 6.57. The van der Waals surface area contributed by atoms with Gasteiger partial charge < -0.3 is 14.9 Å². The second-order valence-electron chi connectivity index (χ2n) is 7.60. The lowest BCUT2D eigenvalue weighted by atomic mass is 9.84. The Labute approximate surface area is 168 Å². The van der Waals surface area contributed by atoms with E-state index in [1.807, 2.05) is 18.3 Å². The minimum atomic E-state index is -0.131. The first-order valence-corrected chi connectivity index (χ1v) is 10.0. The zero-order valence-electron chi connectivity index (χ0n) is 16.2. The molecule has 0 aromatic carbocycles. The Hall–Kier alpha value is -3.39. The molecule has 3 heterocycles. The number of hydrogen-bond donors (Lipinski definition) is 2. The number of nitriles is 2. The van der Waals surface area contributed by atoms with E-state index in [0.717, 1.165) is 53.6 Å². The molecular weight excluding hydrogens is 366 g/mol. The number of carbonyl (C=O) groups excluding carboxylic acids is 1. The van der Waals surface area contributed by atoms with Crippen LogP contribution < -0.4 is 5.32 Å². The summed E-state index contributed by atoms with van der Waals surface area (Å²) in [4.78, 5) is 24.8. The van der Waals surface area contributed by atoms with Crippen LogP contribution in [-0.4, -0.2) is 32.0 Å². The van der Waals surface area contributed by atoms with Gasteiger partial charge in [-0.1, -0.05) is 0 Å². The van der Waals surface area contributed by atoms with Gasteiger partial charge in [-0.15, -0.1) is 0 Å². The highest BCUT2D eigenvalue weighted by atomic mass is 16.1. The second kappa shape index (κ2) is 8.32. The Balaban J connectivity index is 1.69. The van der Waals surface area contributed by atoms with Crippen LogP contribution in [0.4, 0.5) is 0 Å². The average Bonchev–Trinajstić information content (AvgIpc) is 3.33. The third-order valence-electron chi connectivity index (χ3n) is 5.75. The van der Waals surface area contributed by atoms with E-state index in [1.54, 1.807) is 6.20 Å². The number of imidazole rings is 1. The number of nitrogens with zero attached hydrogens (tertiary/aromatic N) is 5. The lowest BCUT2D eigenvalue weighted by molar-refractivity contribution is -0.120. The Kier molecular flexibility index (Phi) is 5.44. The maximum atomic E-state index is 12.4. The summed E-state index contributed by atoms with van der Waals surface area (Å²) in [5, 5.41) is 21.5. The van der Waals surface area contributed by atoms with Crippen LogP contribution in [0.3, 0.4) is 0 Å². The third-order valence-corrected chi connectivity index (χ3v) is 5.75. The Morgan fingerprint density at radius 3 is 2.86 bits per heavy atom. The minimum absolute atomic E-state index is 0.131. The number of aromatic nitrogens is 4. The van der Waals surface area contributed by atoms with E-state index in [0.29, 0.717) is 25.3 Å². The number of fused-ring (bicyclic) bond motifs is 3. The summed E-state index contributed by atoms with van der Waals surface area (Å²) in [6.07, 6.45) is 8.64. The number of rotatable bonds is 6. The molecule has 0 bridgehead atoms. The zero-order chi connectivity index (χ0) is 20.2. The summed E-state index contributed by atoms with van der Waals surface area (Å²) in [7, 11) is 0. The third kappa shape index (κ3) is 3.79. The van der Waals surface area contributed by atoms with Crippen molar-refractivity contribution in [1.82, 2.24) is 24.8 Å². The molecule has 1 saturated carbocycles. The highest BCUT2D eigenvalue weighted by Gasteiger charge is 2.27. The van der Waals surface area contributed by atoms with E-state index in [-0.39, 0.29) is 18.4 Å². The van der Waals surface area contributed by atoms with Crippen molar-refractivity contribution in [2.45, 2.75) is 51.0 Å². The van der Waals surface area contributed by atoms with Gasteiger partial charge in [0, 0.05) is 30.6 Å². The molecule has 29 heavy (non-hydrogen) atoms. The van der Waals surface area contributed by atoms with E-state index in [1.165, 1.54) is 0 Å². The molecule has 8 nitrogen and oxygen atoms in total. The summed E-state index contributed by atoms with van der Waals surface area (Å²) >= 11 is 0. The largest absolute Gasteiger partial charge is 0.355 e. The fraction of sp³-hybridized carbons (Fsp3) is 0.476. The molecule has 0 unspecified atom stereocenters. The summed E-state index contributed by atoms with van der Waals surface area (Å²) < 4.78 is 2.22. The van der Waals surface area contributed by atoms with E-state index < -0.39 is 0 Å². The number of pyridine rings is 1. The lowest BCUT2D eigenvalue weighted by Gasteiger charge is -2.30. The van der Waals surface area contributed by atoms with Crippen LogP contribution in [0.5, 0.6) is 0 Å². The second-order valence-corrected chi connectivity index (χ2v) is 7.60. The fourth-order valence-corrected chi connectivity index (χ4v) is 4.36. The van der Waals surface area contributed by atoms with E-state index in [4.69, 9.17) is 15.5 Å². The van der Waals surface area contributed by atoms with Gasteiger partial charge in [0.25, 0.3) is 0 Å². The van der Waals surface area contributed by atoms with Gasteiger partial charge in [-0.05, 0) is 37.7 Å². The van der Waals surface area contributed by atoms with Gasteiger partial charge in [0.1, 0.15) is 17.0 Å². The molecule has 0 radical (unpaired) electrons. The Morgan fingerprint density at radius 1 is 1.28 bits per heavy atom. The molecule has 0 atom stereocenters. The summed E-state index contributed by atoms with van der Waals surface area (Å²) in [6.45, 7) is 0.346. The van der Waals surface area contributed by atoms with Crippen molar-refractivity contribution in [3.8, 4) is 12.1 Å². The predicted octanol–water partition coefficient (Wildman–Crippen LogP) is 3.13. The van der Waals surface area contributed by atoms with Crippen molar-refractivity contribution in [3.05, 3.63) is 24.3 Å². The zero-order valence-corrected chi connectivity index (χ0v) is 16.2. The quantitative estimate of drug-likeness (QED) is 0.627. The van der Waals surface area contributed by atoms with Crippen LogP contribution in [0.2, 0.25) is 0 Å². The first kappa shape index (κ1) is 18.9. The standard InChI is InChI=1S/C21H23N7O/c22-8-1-10-24-19(29)12-18-27-17-13-26-21-16(7-11-25-21)20(17)28(18)15-4-2-14(3-5-15)6-9-23/h7,11,13-15H,1-6,10,12H2,(H,24,29)(H,25,26). The number of H-pyrrole nitrogens is 1. The van der Waals surface area contributed by atoms with Crippen LogP contribution in [0.15, 0.2) is 18.5 Å². The molecule has 148 valence electrons. The van der Waals surface area contributed by atoms with Gasteiger partial charge in [0.05, 0.1) is 36.7 Å². The lowest BCUT2D eigenvalue weighted by Crippen LogP contribution is -2.28. The molecule has 1 aliphatic carbocycles. The van der Waals surface area contributed by atoms with Crippen LogP contribution in [0.25, 0.3) is 22.1 Å². The molecule has 3 aromatic heterocycles. The molecule has 1 amide bonds. The molecule has 3 aromatic rings. The molecule has 0 saturated heterocycles. The Morgan fingerprint density at radius 2 is 2.10 bits per heavy atom. The number of carbonyl (C=O) groups is 1. The Bertz CT molecular complexity index is 1110. The first-order valence-electron chi connectivity index (χ1n) is 10.0. The van der Waals surface area contributed by atoms with E-state index >= 15 is 0 Å². The van der Waals surface area contributed by atoms with Crippen LogP contribution in [0.1, 0.15) is 50.4 Å². The van der Waals surface area contributed by atoms with Crippen molar-refractivity contribution in [2.24, 2.45) is 5.92 Å². The van der Waals surface area contributed by atoms with Gasteiger partial charge >= 0.3 is 0 Å². The maximum Gasteiger partial charge on any atom is 0.227 e. The SMILES string of the molecule is N#CCCNC(=O)Cc1nc2cnc3[nH]ccc3c2n1C1CCC(CC#N)CC1. The van der Waals surface area contributed by atoms with E-state index in [9.17, 15) is 4.79 Å². The molecule has 0 aliphatic heterocycles. The van der Waals surface area contributed by atoms with Gasteiger partial charge in [-0.25, -0.2) is 9.97 Å². The number of nitrogens with one attached hydrogen (secondary N) is 2. The van der Waals surface area contributed by atoms with Crippen molar-refractivity contribution < 1.29 is 4.79 Å². The molecule has 0 spiro atoms. The number of aromatic amines is 1. The van der Waals surface area contributed by atoms with Gasteiger partial charge in [0.15, 0.2) is 0 Å². The molecular formula is C21H23N7O.